The molecule has 0 aliphatic carbocycles. The lowest BCUT2D eigenvalue weighted by Gasteiger charge is -2.19. The van der Waals surface area contributed by atoms with Crippen LogP contribution in [0.5, 0.6) is 0 Å². The Hall–Kier alpha value is -1.65. The van der Waals surface area contributed by atoms with E-state index in [1.807, 2.05) is 13.8 Å². The molecule has 0 saturated carbocycles. The van der Waals surface area contributed by atoms with Crippen LogP contribution in [0.15, 0.2) is 12.7 Å². The topological polar surface area (TPSA) is 75.3 Å². The summed E-state index contributed by atoms with van der Waals surface area (Å²) in [6.07, 6.45) is 2.04. The number of rotatable bonds is 7. The second-order valence-corrected chi connectivity index (χ2v) is 4.25. The maximum absolute atomic E-state index is 11.7. The Labute approximate surface area is 102 Å². The molecule has 2 amide bonds. The number of carbonyl (C=O) groups is 3. The molecular weight excluding hydrogens is 220 g/mol. The second kappa shape index (κ2) is 7.60. The number of carbonyl (C=O) groups excluding carboxylic acids is 3. The summed E-state index contributed by atoms with van der Waals surface area (Å²) in [6.45, 7) is 8.87. The molecule has 0 spiro atoms. The maximum atomic E-state index is 11.7. The van der Waals surface area contributed by atoms with E-state index >= 15 is 0 Å². The van der Waals surface area contributed by atoms with Gasteiger partial charge in [0.1, 0.15) is 6.04 Å². The summed E-state index contributed by atoms with van der Waals surface area (Å²) >= 11 is 0. The summed E-state index contributed by atoms with van der Waals surface area (Å²) in [5.41, 5.74) is 0. The number of nitrogens with one attached hydrogen (secondary N) is 2. The Morgan fingerprint density at radius 3 is 2.29 bits per heavy atom. The molecule has 0 aromatic rings. The molecule has 17 heavy (non-hydrogen) atoms. The average Bonchev–Trinajstić information content (AvgIpc) is 2.23. The molecule has 1 atom stereocenters. The van der Waals surface area contributed by atoms with Crippen molar-refractivity contribution in [3.05, 3.63) is 12.7 Å². The van der Waals surface area contributed by atoms with Gasteiger partial charge in [-0.3, -0.25) is 14.4 Å². The Bertz CT molecular complexity index is 311. The van der Waals surface area contributed by atoms with Gasteiger partial charge in [0.2, 0.25) is 11.7 Å². The van der Waals surface area contributed by atoms with Gasteiger partial charge in [0.15, 0.2) is 0 Å². The zero-order chi connectivity index (χ0) is 13.4. The Morgan fingerprint density at radius 2 is 1.88 bits per heavy atom. The predicted molar refractivity (Wildman–Crippen MR) is 65.3 cm³/mol. The fourth-order valence-corrected chi connectivity index (χ4v) is 1.26. The predicted octanol–water partition coefficient (Wildman–Crippen LogP) is 0.408. The fraction of sp³-hybridized carbons (Fsp3) is 0.583. The molecule has 5 heteroatoms. The van der Waals surface area contributed by atoms with Crippen LogP contribution in [0, 0.1) is 5.92 Å². The monoisotopic (exact) mass is 240 g/mol. The van der Waals surface area contributed by atoms with Crippen molar-refractivity contribution in [2.24, 2.45) is 5.92 Å². The third kappa shape index (κ3) is 6.50. The van der Waals surface area contributed by atoms with Crippen LogP contribution in [0.3, 0.4) is 0 Å². The van der Waals surface area contributed by atoms with Crippen molar-refractivity contribution in [2.45, 2.75) is 33.2 Å². The second-order valence-electron chi connectivity index (χ2n) is 4.25. The third-order valence-electron chi connectivity index (χ3n) is 2.07. The van der Waals surface area contributed by atoms with E-state index in [1.165, 1.54) is 6.92 Å². The molecule has 0 heterocycles. The Kier molecular flexibility index (Phi) is 6.86. The molecule has 0 aromatic heterocycles. The van der Waals surface area contributed by atoms with Crippen LogP contribution >= 0.6 is 0 Å². The lowest BCUT2D eigenvalue weighted by atomic mass is 10.0. The van der Waals surface area contributed by atoms with E-state index in [-0.39, 0.29) is 11.8 Å². The van der Waals surface area contributed by atoms with Gasteiger partial charge < -0.3 is 10.6 Å². The van der Waals surface area contributed by atoms with Gasteiger partial charge in [-0.25, -0.2) is 0 Å². The van der Waals surface area contributed by atoms with Crippen molar-refractivity contribution in [2.75, 3.05) is 6.54 Å². The van der Waals surface area contributed by atoms with E-state index in [9.17, 15) is 14.4 Å². The molecule has 0 rings (SSSR count). The van der Waals surface area contributed by atoms with E-state index < -0.39 is 17.7 Å². The van der Waals surface area contributed by atoms with Gasteiger partial charge in [-0.15, -0.1) is 6.58 Å². The van der Waals surface area contributed by atoms with Crippen LogP contribution in [0.25, 0.3) is 0 Å². The van der Waals surface area contributed by atoms with Crippen LogP contribution in [-0.4, -0.2) is 30.2 Å². The van der Waals surface area contributed by atoms with Crippen molar-refractivity contribution < 1.29 is 14.4 Å². The molecule has 96 valence electrons. The summed E-state index contributed by atoms with van der Waals surface area (Å²) in [5, 5.41) is 5.02. The van der Waals surface area contributed by atoms with Crippen LogP contribution in [0.2, 0.25) is 0 Å². The van der Waals surface area contributed by atoms with Crippen molar-refractivity contribution in [1.29, 1.82) is 0 Å². The Morgan fingerprint density at radius 1 is 1.29 bits per heavy atom. The minimum absolute atomic E-state index is 0.238. The molecule has 2 N–H and O–H groups in total. The van der Waals surface area contributed by atoms with Crippen molar-refractivity contribution in [3.63, 3.8) is 0 Å². The van der Waals surface area contributed by atoms with E-state index in [2.05, 4.69) is 17.2 Å². The van der Waals surface area contributed by atoms with Gasteiger partial charge in [0, 0.05) is 13.5 Å². The fourth-order valence-electron chi connectivity index (χ4n) is 1.26. The van der Waals surface area contributed by atoms with Gasteiger partial charge in [0.25, 0.3) is 5.91 Å². The van der Waals surface area contributed by atoms with E-state index in [0.29, 0.717) is 13.0 Å². The SMILES string of the molecule is C=CCNC(=O)[C@H](CC(C)C)NC(=O)C(C)=O. The summed E-state index contributed by atoms with van der Waals surface area (Å²) in [4.78, 5) is 33.8. The first-order valence-electron chi connectivity index (χ1n) is 5.58. The highest BCUT2D eigenvalue weighted by atomic mass is 16.2. The first-order chi connectivity index (χ1) is 7.88. The van der Waals surface area contributed by atoms with Crippen LogP contribution in [-0.2, 0) is 14.4 Å². The zero-order valence-corrected chi connectivity index (χ0v) is 10.6. The first-order valence-corrected chi connectivity index (χ1v) is 5.58. The maximum Gasteiger partial charge on any atom is 0.287 e. The molecule has 5 nitrogen and oxygen atoms in total. The molecule has 0 aliphatic heterocycles. The number of amides is 2. The van der Waals surface area contributed by atoms with Crippen molar-refractivity contribution in [1.82, 2.24) is 10.6 Å². The highest BCUT2D eigenvalue weighted by Crippen LogP contribution is 2.05. The van der Waals surface area contributed by atoms with Gasteiger partial charge in [-0.1, -0.05) is 19.9 Å². The highest BCUT2D eigenvalue weighted by Gasteiger charge is 2.22. The van der Waals surface area contributed by atoms with Crippen LogP contribution < -0.4 is 10.6 Å². The number of Topliss-reactive ketones (excluding diaryl/α,β-unsaturated/α-hetero) is 1. The lowest BCUT2D eigenvalue weighted by Crippen LogP contribution is -2.49. The highest BCUT2D eigenvalue weighted by molar-refractivity contribution is 6.35. The van der Waals surface area contributed by atoms with Gasteiger partial charge in [-0.2, -0.15) is 0 Å². The van der Waals surface area contributed by atoms with Gasteiger partial charge >= 0.3 is 0 Å². The molecule has 0 bridgehead atoms. The zero-order valence-electron chi connectivity index (χ0n) is 10.6. The Balaban J connectivity index is 4.51. The molecular formula is C12H20N2O3. The smallest absolute Gasteiger partial charge is 0.287 e. The normalized spacial score (nSPS) is 11.8. The van der Waals surface area contributed by atoms with E-state index in [1.54, 1.807) is 6.08 Å². The number of hydrogen-bond acceptors (Lipinski definition) is 3. The van der Waals surface area contributed by atoms with Gasteiger partial charge in [-0.05, 0) is 12.3 Å². The minimum Gasteiger partial charge on any atom is -0.351 e. The molecule has 0 fully saturated rings. The summed E-state index contributed by atoms with van der Waals surface area (Å²) in [7, 11) is 0. The largest absolute Gasteiger partial charge is 0.351 e. The van der Waals surface area contributed by atoms with E-state index in [4.69, 9.17) is 0 Å². The third-order valence-corrected chi connectivity index (χ3v) is 2.07. The van der Waals surface area contributed by atoms with Crippen molar-refractivity contribution >= 4 is 17.6 Å². The quantitative estimate of drug-likeness (QED) is 0.500. The first kappa shape index (κ1) is 15.3. The van der Waals surface area contributed by atoms with Gasteiger partial charge in [0.05, 0.1) is 0 Å². The summed E-state index contributed by atoms with van der Waals surface area (Å²) in [5.74, 6) is -1.39. The van der Waals surface area contributed by atoms with Crippen molar-refractivity contribution in [3.8, 4) is 0 Å². The van der Waals surface area contributed by atoms with Crippen LogP contribution in [0.1, 0.15) is 27.2 Å². The standard InChI is InChI=1S/C12H20N2O3/c1-5-6-13-12(17)10(7-8(2)3)14-11(16)9(4)15/h5,8,10H,1,6-7H2,2-4H3,(H,13,17)(H,14,16)/t10-/m0/s1. The number of hydrogen-bond donors (Lipinski definition) is 2. The number of ketones is 1. The lowest BCUT2D eigenvalue weighted by molar-refractivity contribution is -0.138. The van der Waals surface area contributed by atoms with Crippen LogP contribution in [0.4, 0.5) is 0 Å². The summed E-state index contributed by atoms with van der Waals surface area (Å²) in [6, 6.07) is -0.675. The molecule has 0 aliphatic rings. The molecule has 0 radical (unpaired) electrons. The molecule has 0 saturated heterocycles. The average molecular weight is 240 g/mol. The summed E-state index contributed by atoms with van der Waals surface area (Å²) < 4.78 is 0. The molecule has 0 aromatic carbocycles. The molecule has 0 unspecified atom stereocenters. The minimum atomic E-state index is -0.732. The van der Waals surface area contributed by atoms with E-state index in [0.717, 1.165) is 0 Å².